The Labute approximate surface area is 143 Å². The van der Waals surface area contributed by atoms with Crippen molar-refractivity contribution in [1.29, 1.82) is 0 Å². The van der Waals surface area contributed by atoms with Crippen LogP contribution in [0.4, 0.5) is 10.5 Å². The molecule has 1 fully saturated rings. The minimum Gasteiger partial charge on any atom is -0.324 e. The van der Waals surface area contributed by atoms with Gasteiger partial charge in [-0.25, -0.2) is 4.79 Å². The summed E-state index contributed by atoms with van der Waals surface area (Å²) in [5.41, 5.74) is 4.60. The zero-order valence-corrected chi connectivity index (χ0v) is 14.7. The normalized spacial score (nSPS) is 17.3. The summed E-state index contributed by atoms with van der Waals surface area (Å²) >= 11 is 0. The van der Waals surface area contributed by atoms with Gasteiger partial charge >= 0.3 is 6.03 Å². The van der Waals surface area contributed by atoms with E-state index in [4.69, 9.17) is 0 Å². The van der Waals surface area contributed by atoms with Crippen LogP contribution >= 0.6 is 0 Å². The van der Waals surface area contributed by atoms with Gasteiger partial charge in [0.25, 0.3) is 0 Å². The van der Waals surface area contributed by atoms with Crippen molar-refractivity contribution in [2.45, 2.75) is 39.0 Å². The number of rotatable bonds is 4. The molecule has 1 aliphatic rings. The van der Waals surface area contributed by atoms with Crippen molar-refractivity contribution in [2.75, 3.05) is 18.4 Å². The monoisotopic (exact) mass is 326 g/mol. The standard InChI is InChI=1S/C19H26N4O/c1-4-14-6-7-15(5-2)18(10-14)21-19(24)23-9-8-16(13-23)17-11-20-22(3)12-17/h6-7,10-12,16H,4-5,8-9,13H2,1-3H3,(H,21,24). The van der Waals surface area contributed by atoms with E-state index >= 15 is 0 Å². The second-order valence-electron chi connectivity index (χ2n) is 6.51. The van der Waals surface area contributed by atoms with Crippen LogP contribution in [-0.4, -0.2) is 33.8 Å². The van der Waals surface area contributed by atoms with Crippen LogP contribution in [0.25, 0.3) is 0 Å². The third-order valence-corrected chi connectivity index (χ3v) is 4.88. The SMILES string of the molecule is CCc1ccc(CC)c(NC(=O)N2CCC(c3cnn(C)c3)C2)c1. The first-order valence-corrected chi connectivity index (χ1v) is 8.77. The number of urea groups is 1. The molecule has 24 heavy (non-hydrogen) atoms. The molecule has 1 aromatic heterocycles. The molecule has 2 heterocycles. The zero-order valence-electron chi connectivity index (χ0n) is 14.7. The molecule has 1 unspecified atom stereocenters. The quantitative estimate of drug-likeness (QED) is 0.934. The number of carbonyl (C=O) groups excluding carboxylic acids is 1. The van der Waals surface area contributed by atoms with Gasteiger partial charge in [-0.05, 0) is 42.0 Å². The Balaban J connectivity index is 1.67. The highest BCUT2D eigenvalue weighted by Gasteiger charge is 2.28. The molecular weight excluding hydrogens is 300 g/mol. The third-order valence-electron chi connectivity index (χ3n) is 4.88. The van der Waals surface area contributed by atoms with Crippen LogP contribution in [0.15, 0.2) is 30.6 Å². The fourth-order valence-electron chi connectivity index (χ4n) is 3.33. The van der Waals surface area contributed by atoms with E-state index in [-0.39, 0.29) is 6.03 Å². The Morgan fingerprint density at radius 3 is 2.83 bits per heavy atom. The number of carbonyl (C=O) groups is 1. The van der Waals surface area contributed by atoms with E-state index in [9.17, 15) is 4.79 Å². The molecule has 0 radical (unpaired) electrons. The predicted molar refractivity (Wildman–Crippen MR) is 96.4 cm³/mol. The van der Waals surface area contributed by atoms with E-state index < -0.39 is 0 Å². The highest BCUT2D eigenvalue weighted by molar-refractivity contribution is 5.90. The topological polar surface area (TPSA) is 50.2 Å². The average molecular weight is 326 g/mol. The number of amides is 2. The van der Waals surface area contributed by atoms with Crippen molar-refractivity contribution in [2.24, 2.45) is 7.05 Å². The molecule has 1 atom stereocenters. The van der Waals surface area contributed by atoms with E-state index in [2.05, 4.69) is 42.5 Å². The summed E-state index contributed by atoms with van der Waals surface area (Å²) in [6.45, 7) is 5.79. The largest absolute Gasteiger partial charge is 0.324 e. The average Bonchev–Trinajstić information content (AvgIpc) is 3.23. The molecule has 1 aliphatic heterocycles. The summed E-state index contributed by atoms with van der Waals surface area (Å²) in [5, 5.41) is 7.36. The number of nitrogens with zero attached hydrogens (tertiary/aromatic N) is 3. The Morgan fingerprint density at radius 2 is 2.17 bits per heavy atom. The Bertz CT molecular complexity index is 722. The van der Waals surface area contributed by atoms with Crippen LogP contribution in [-0.2, 0) is 19.9 Å². The second-order valence-corrected chi connectivity index (χ2v) is 6.51. The minimum atomic E-state index is 0.00402. The molecule has 3 rings (SSSR count). The molecule has 1 N–H and O–H groups in total. The van der Waals surface area contributed by atoms with Gasteiger partial charge in [-0.3, -0.25) is 4.68 Å². The number of hydrogen-bond acceptors (Lipinski definition) is 2. The van der Waals surface area contributed by atoms with Crippen LogP contribution < -0.4 is 5.32 Å². The van der Waals surface area contributed by atoms with Gasteiger partial charge in [0.05, 0.1) is 6.20 Å². The van der Waals surface area contributed by atoms with Crippen LogP contribution in [0.1, 0.15) is 42.9 Å². The lowest BCUT2D eigenvalue weighted by Gasteiger charge is -2.19. The van der Waals surface area contributed by atoms with E-state index in [0.717, 1.165) is 38.0 Å². The maximum Gasteiger partial charge on any atom is 0.321 e. The van der Waals surface area contributed by atoms with Gasteiger partial charge in [0.2, 0.25) is 0 Å². The number of benzene rings is 1. The van der Waals surface area contributed by atoms with Crippen LogP contribution in [0, 0.1) is 0 Å². The third kappa shape index (κ3) is 3.45. The Hall–Kier alpha value is -2.30. The summed E-state index contributed by atoms with van der Waals surface area (Å²) in [7, 11) is 1.93. The first-order valence-electron chi connectivity index (χ1n) is 8.77. The highest BCUT2D eigenvalue weighted by atomic mass is 16.2. The van der Waals surface area contributed by atoms with Gasteiger partial charge in [0, 0.05) is 37.9 Å². The minimum absolute atomic E-state index is 0.00402. The highest BCUT2D eigenvalue weighted by Crippen LogP contribution is 2.27. The van der Waals surface area contributed by atoms with Crippen molar-refractivity contribution in [3.8, 4) is 0 Å². The van der Waals surface area contributed by atoms with E-state index in [1.165, 1.54) is 16.7 Å². The fraction of sp³-hybridized carbons (Fsp3) is 0.474. The number of likely N-dealkylation sites (tertiary alicyclic amines) is 1. The fourth-order valence-corrected chi connectivity index (χ4v) is 3.33. The van der Waals surface area contributed by atoms with Gasteiger partial charge in [0.1, 0.15) is 0 Å². The van der Waals surface area contributed by atoms with Crippen molar-refractivity contribution in [3.63, 3.8) is 0 Å². The number of aryl methyl sites for hydroxylation is 3. The lowest BCUT2D eigenvalue weighted by molar-refractivity contribution is 0.222. The first-order chi connectivity index (χ1) is 11.6. The zero-order chi connectivity index (χ0) is 17.1. The van der Waals surface area contributed by atoms with Crippen molar-refractivity contribution >= 4 is 11.7 Å². The van der Waals surface area contributed by atoms with Gasteiger partial charge in [0.15, 0.2) is 0 Å². The lowest BCUT2D eigenvalue weighted by atomic mass is 10.0. The van der Waals surface area contributed by atoms with Crippen molar-refractivity contribution < 1.29 is 4.79 Å². The number of aromatic nitrogens is 2. The van der Waals surface area contributed by atoms with E-state index in [1.807, 2.05) is 29.0 Å². The maximum atomic E-state index is 12.7. The second kappa shape index (κ2) is 7.07. The first kappa shape index (κ1) is 16.6. The Morgan fingerprint density at radius 1 is 1.33 bits per heavy atom. The molecule has 0 spiro atoms. The summed E-state index contributed by atoms with van der Waals surface area (Å²) in [4.78, 5) is 14.6. The molecule has 1 saturated heterocycles. The summed E-state index contributed by atoms with van der Waals surface area (Å²) in [6, 6.07) is 6.37. The predicted octanol–water partition coefficient (Wildman–Crippen LogP) is 3.57. The summed E-state index contributed by atoms with van der Waals surface area (Å²) < 4.78 is 1.82. The molecule has 0 bridgehead atoms. The molecular formula is C19H26N4O. The van der Waals surface area contributed by atoms with Gasteiger partial charge < -0.3 is 10.2 Å². The summed E-state index contributed by atoms with van der Waals surface area (Å²) in [5.74, 6) is 0.386. The maximum absolute atomic E-state index is 12.7. The molecule has 5 heteroatoms. The lowest BCUT2D eigenvalue weighted by Crippen LogP contribution is -2.33. The molecule has 5 nitrogen and oxygen atoms in total. The van der Waals surface area contributed by atoms with Gasteiger partial charge in [-0.15, -0.1) is 0 Å². The molecule has 2 amide bonds. The Kier molecular flexibility index (Phi) is 4.88. The van der Waals surface area contributed by atoms with Gasteiger partial charge in [-0.2, -0.15) is 5.10 Å². The smallest absolute Gasteiger partial charge is 0.321 e. The van der Waals surface area contributed by atoms with Crippen LogP contribution in [0.3, 0.4) is 0 Å². The van der Waals surface area contributed by atoms with Crippen LogP contribution in [0.2, 0.25) is 0 Å². The van der Waals surface area contributed by atoms with E-state index in [1.54, 1.807) is 0 Å². The molecule has 1 aromatic carbocycles. The summed E-state index contributed by atoms with van der Waals surface area (Å²) in [6.07, 6.45) is 6.84. The number of anilines is 1. The van der Waals surface area contributed by atoms with Gasteiger partial charge in [-0.1, -0.05) is 26.0 Å². The molecule has 0 saturated carbocycles. The molecule has 128 valence electrons. The van der Waals surface area contributed by atoms with Crippen molar-refractivity contribution in [3.05, 3.63) is 47.3 Å². The number of hydrogen-bond donors (Lipinski definition) is 1. The van der Waals surface area contributed by atoms with E-state index in [0.29, 0.717) is 5.92 Å². The molecule has 0 aliphatic carbocycles. The molecule has 2 aromatic rings. The van der Waals surface area contributed by atoms with Crippen LogP contribution in [0.5, 0.6) is 0 Å². The van der Waals surface area contributed by atoms with Crippen molar-refractivity contribution in [1.82, 2.24) is 14.7 Å². The number of nitrogens with one attached hydrogen (secondary N) is 1.